The van der Waals surface area contributed by atoms with E-state index in [1.807, 2.05) is 18.0 Å². The molecule has 0 radical (unpaired) electrons. The first-order valence-electron chi connectivity index (χ1n) is 6.81. The Labute approximate surface area is 133 Å². The maximum Gasteiger partial charge on any atom is 0.199 e. The second-order valence-corrected chi connectivity index (χ2v) is 5.08. The molecule has 22 heavy (non-hydrogen) atoms. The fourth-order valence-corrected chi connectivity index (χ4v) is 2.24. The number of aromatic nitrogens is 3. The van der Waals surface area contributed by atoms with Crippen molar-refractivity contribution >= 4 is 12.2 Å². The summed E-state index contributed by atoms with van der Waals surface area (Å²) in [5.74, 6) is 1.29. The predicted molar refractivity (Wildman–Crippen MR) is 81.8 cm³/mol. The van der Waals surface area contributed by atoms with Crippen LogP contribution < -0.4 is 0 Å². The second kappa shape index (κ2) is 7.55. The lowest BCUT2D eigenvalue weighted by atomic mass is 10.3. The summed E-state index contributed by atoms with van der Waals surface area (Å²) >= 11 is 5.40. The van der Waals surface area contributed by atoms with Crippen LogP contribution in [0.2, 0.25) is 0 Å². The van der Waals surface area contributed by atoms with E-state index in [2.05, 4.69) is 17.2 Å². The molecule has 0 saturated carbocycles. The fourth-order valence-electron chi connectivity index (χ4n) is 2.06. The molecule has 0 unspecified atom stereocenters. The summed E-state index contributed by atoms with van der Waals surface area (Å²) in [7, 11) is 1.83. The number of hydrogen-bond donors (Lipinski definition) is 0. The molecule has 0 aliphatic carbocycles. The topological polar surface area (TPSA) is 86.7 Å². The molecule has 8 heteroatoms. The lowest BCUT2D eigenvalue weighted by Gasteiger charge is -2.19. The van der Waals surface area contributed by atoms with Crippen molar-refractivity contribution < 1.29 is 4.42 Å². The van der Waals surface area contributed by atoms with Crippen LogP contribution in [-0.4, -0.2) is 32.3 Å². The van der Waals surface area contributed by atoms with Gasteiger partial charge in [0.15, 0.2) is 16.4 Å². The molecular weight excluding hydrogens is 300 g/mol. The normalized spacial score (nSPS) is 10.5. The van der Waals surface area contributed by atoms with Crippen LogP contribution in [0.15, 0.2) is 22.8 Å². The van der Waals surface area contributed by atoms with E-state index in [1.165, 1.54) is 0 Å². The van der Waals surface area contributed by atoms with E-state index in [1.54, 1.807) is 21.6 Å². The molecule has 7 nitrogen and oxygen atoms in total. The van der Waals surface area contributed by atoms with Crippen molar-refractivity contribution in [2.75, 3.05) is 13.1 Å². The zero-order valence-electron chi connectivity index (χ0n) is 12.3. The number of furan rings is 1. The molecule has 0 bridgehead atoms. The van der Waals surface area contributed by atoms with Crippen molar-refractivity contribution in [2.24, 2.45) is 7.05 Å². The summed E-state index contributed by atoms with van der Waals surface area (Å²) in [6, 6.07) is 7.85. The van der Waals surface area contributed by atoms with Gasteiger partial charge in [0.05, 0.1) is 25.1 Å². The summed E-state index contributed by atoms with van der Waals surface area (Å²) in [6.07, 6.45) is 2.39. The lowest BCUT2D eigenvalue weighted by molar-refractivity contribution is 0.214. The molecule has 114 valence electrons. The van der Waals surface area contributed by atoms with Crippen molar-refractivity contribution in [1.82, 2.24) is 19.2 Å². The van der Waals surface area contributed by atoms with E-state index in [0.717, 1.165) is 0 Å². The zero-order chi connectivity index (χ0) is 15.9. The van der Waals surface area contributed by atoms with Crippen molar-refractivity contribution in [2.45, 2.75) is 19.5 Å². The highest BCUT2D eigenvalue weighted by atomic mass is 32.1. The third kappa shape index (κ3) is 3.61. The van der Waals surface area contributed by atoms with Gasteiger partial charge in [0.1, 0.15) is 0 Å². The minimum atomic E-state index is 0.399. The van der Waals surface area contributed by atoms with Crippen LogP contribution in [0.5, 0.6) is 0 Å². The average molecular weight is 316 g/mol. The monoisotopic (exact) mass is 316 g/mol. The number of nitriles is 2. The smallest absolute Gasteiger partial charge is 0.199 e. The maximum absolute atomic E-state index is 8.73. The Bertz CT molecular complexity index is 728. The molecular formula is C14H16N6OS. The maximum atomic E-state index is 8.73. The summed E-state index contributed by atoms with van der Waals surface area (Å²) in [4.78, 5) is 1.99. The Balaban J connectivity index is 2.21. The Kier molecular flexibility index (Phi) is 5.48. The van der Waals surface area contributed by atoms with Gasteiger partial charge in [0.2, 0.25) is 0 Å². The van der Waals surface area contributed by atoms with Gasteiger partial charge in [0.25, 0.3) is 0 Å². The minimum Gasteiger partial charge on any atom is -0.461 e. The van der Waals surface area contributed by atoms with Crippen molar-refractivity contribution in [3.8, 4) is 23.7 Å². The first kappa shape index (κ1) is 16.0. The molecule has 0 spiro atoms. The number of nitrogens with zero attached hydrogens (tertiary/aromatic N) is 6. The van der Waals surface area contributed by atoms with Crippen LogP contribution in [-0.2, 0) is 13.7 Å². The van der Waals surface area contributed by atoms with Crippen molar-refractivity contribution in [1.29, 1.82) is 10.5 Å². The Morgan fingerprint density at radius 2 is 2.00 bits per heavy atom. The average Bonchev–Trinajstić information content (AvgIpc) is 3.13. The lowest BCUT2D eigenvalue weighted by Crippen LogP contribution is -2.29. The minimum absolute atomic E-state index is 0.399. The van der Waals surface area contributed by atoms with Crippen molar-refractivity contribution in [3.63, 3.8) is 0 Å². The molecule has 0 atom stereocenters. The molecule has 2 rings (SSSR count). The van der Waals surface area contributed by atoms with Gasteiger partial charge in [0, 0.05) is 33.0 Å². The second-order valence-electron chi connectivity index (χ2n) is 4.72. The standard InChI is InChI=1S/C14H16N6OS/c1-18-13(12-5-2-10-21-12)17-20(14(18)22)11-19(8-3-6-15)9-4-7-16/h2,5,10H,3-4,8-9,11H2,1H3. The van der Waals surface area contributed by atoms with Gasteiger partial charge in [-0.2, -0.15) is 10.5 Å². The van der Waals surface area contributed by atoms with Gasteiger partial charge in [-0.1, -0.05) is 0 Å². The van der Waals surface area contributed by atoms with Gasteiger partial charge in [-0.15, -0.1) is 5.10 Å². The molecule has 0 saturated heterocycles. The van der Waals surface area contributed by atoms with E-state index < -0.39 is 0 Å². The van der Waals surface area contributed by atoms with E-state index in [9.17, 15) is 0 Å². The Morgan fingerprint density at radius 1 is 1.32 bits per heavy atom. The van der Waals surface area contributed by atoms with Crippen LogP contribution in [0.25, 0.3) is 11.6 Å². The third-order valence-corrected chi connectivity index (χ3v) is 3.68. The summed E-state index contributed by atoms with van der Waals surface area (Å²) in [5, 5.41) is 21.9. The van der Waals surface area contributed by atoms with Gasteiger partial charge >= 0.3 is 0 Å². The van der Waals surface area contributed by atoms with Gasteiger partial charge in [-0.25, -0.2) is 4.68 Å². The molecule has 0 amide bonds. The summed E-state index contributed by atoms with van der Waals surface area (Å²) < 4.78 is 9.38. The zero-order valence-corrected chi connectivity index (χ0v) is 13.1. The highest BCUT2D eigenvalue weighted by Crippen LogP contribution is 2.17. The summed E-state index contributed by atoms with van der Waals surface area (Å²) in [6.45, 7) is 1.59. The highest BCUT2D eigenvalue weighted by Gasteiger charge is 2.14. The van der Waals surface area contributed by atoms with Gasteiger partial charge < -0.3 is 8.98 Å². The highest BCUT2D eigenvalue weighted by molar-refractivity contribution is 7.71. The number of rotatable bonds is 7. The van der Waals surface area contributed by atoms with Crippen LogP contribution >= 0.6 is 12.2 Å². The molecule has 0 aliphatic heterocycles. The third-order valence-electron chi connectivity index (χ3n) is 3.20. The molecule has 0 aliphatic rings. The summed E-state index contributed by atoms with van der Waals surface area (Å²) in [5.41, 5.74) is 0. The molecule has 2 aromatic heterocycles. The first-order valence-corrected chi connectivity index (χ1v) is 7.22. The molecule has 2 heterocycles. The van der Waals surface area contributed by atoms with Crippen LogP contribution in [0.3, 0.4) is 0 Å². The SMILES string of the molecule is Cn1c(-c2ccco2)nn(CN(CCC#N)CCC#N)c1=S. The predicted octanol–water partition coefficient (Wildman–Crippen LogP) is 2.30. The van der Waals surface area contributed by atoms with E-state index in [4.69, 9.17) is 27.2 Å². The first-order chi connectivity index (χ1) is 10.7. The quantitative estimate of drug-likeness (QED) is 0.728. The Hall–Kier alpha value is -2.42. The largest absolute Gasteiger partial charge is 0.461 e. The number of hydrogen-bond acceptors (Lipinski definition) is 6. The molecule has 0 N–H and O–H groups in total. The van der Waals surface area contributed by atoms with E-state index in [-0.39, 0.29) is 0 Å². The van der Waals surface area contributed by atoms with Crippen LogP contribution in [0, 0.1) is 27.4 Å². The fraction of sp³-hybridized carbons (Fsp3) is 0.429. The van der Waals surface area contributed by atoms with Crippen LogP contribution in [0.1, 0.15) is 12.8 Å². The van der Waals surface area contributed by atoms with Crippen LogP contribution in [0.4, 0.5) is 0 Å². The van der Waals surface area contributed by atoms with Gasteiger partial charge in [-0.05, 0) is 24.4 Å². The van der Waals surface area contributed by atoms with E-state index >= 15 is 0 Å². The Morgan fingerprint density at radius 3 is 2.55 bits per heavy atom. The van der Waals surface area contributed by atoms with E-state index in [0.29, 0.717) is 49.0 Å². The molecule has 0 fully saturated rings. The molecule has 2 aromatic rings. The molecule has 0 aromatic carbocycles. The van der Waals surface area contributed by atoms with Gasteiger partial charge in [-0.3, -0.25) is 4.90 Å². The van der Waals surface area contributed by atoms with Crippen molar-refractivity contribution in [3.05, 3.63) is 23.2 Å².